The molecule has 1 unspecified atom stereocenters. The third-order valence-corrected chi connectivity index (χ3v) is 3.18. The number of nitrogens with two attached hydrogens (primary N) is 1. The molecule has 3 N–H and O–H groups in total. The first kappa shape index (κ1) is 9.06. The van der Waals surface area contributed by atoms with Crippen molar-refractivity contribution in [2.45, 2.75) is 12.2 Å². The van der Waals surface area contributed by atoms with E-state index in [1.807, 2.05) is 12.1 Å². The second kappa shape index (κ2) is 3.15. The molecule has 0 aliphatic carbocycles. The van der Waals surface area contributed by atoms with Crippen molar-refractivity contribution in [1.29, 1.82) is 0 Å². The van der Waals surface area contributed by atoms with Crippen LogP contribution < -0.4 is 20.7 Å². The Morgan fingerprint density at radius 1 is 1.47 bits per heavy atom. The van der Waals surface area contributed by atoms with E-state index in [-0.39, 0.29) is 12.7 Å². The van der Waals surface area contributed by atoms with Crippen molar-refractivity contribution in [3.63, 3.8) is 0 Å². The lowest BCUT2D eigenvalue weighted by Crippen LogP contribution is -2.27. The summed E-state index contributed by atoms with van der Waals surface area (Å²) in [5.74, 6) is 1.67. The van der Waals surface area contributed by atoms with Crippen LogP contribution in [0.4, 0.5) is 0 Å². The second-order valence-corrected chi connectivity index (χ2v) is 3.99. The first-order valence-electron chi connectivity index (χ1n) is 5.11. The molecule has 0 radical (unpaired) electrons. The van der Waals surface area contributed by atoms with Crippen molar-refractivity contribution in [3.05, 3.63) is 17.7 Å². The summed E-state index contributed by atoms with van der Waals surface area (Å²) in [6, 6.07) is 3.87. The summed E-state index contributed by atoms with van der Waals surface area (Å²) in [4.78, 5) is 0. The fraction of sp³-hybridized carbons (Fsp3) is 0.400. The van der Waals surface area contributed by atoms with Gasteiger partial charge >= 0.3 is 6.92 Å². The molecular weight excluding hydrogens is 193 g/mol. The van der Waals surface area contributed by atoms with Gasteiger partial charge in [0.15, 0.2) is 11.5 Å². The average molecular weight is 205 g/mol. The summed E-state index contributed by atoms with van der Waals surface area (Å²) in [7, 11) is 0. The molecule has 2 heterocycles. The van der Waals surface area contributed by atoms with Crippen LogP contribution in [0.15, 0.2) is 12.1 Å². The van der Waals surface area contributed by atoms with Gasteiger partial charge in [0.25, 0.3) is 0 Å². The van der Waals surface area contributed by atoms with Gasteiger partial charge in [0.2, 0.25) is 6.79 Å². The van der Waals surface area contributed by atoms with E-state index in [9.17, 15) is 5.02 Å². The van der Waals surface area contributed by atoms with Crippen LogP contribution in [0.25, 0.3) is 0 Å². The van der Waals surface area contributed by atoms with E-state index < -0.39 is 6.92 Å². The maximum atomic E-state index is 9.96. The molecule has 2 aliphatic rings. The van der Waals surface area contributed by atoms with Gasteiger partial charge in [0.1, 0.15) is 0 Å². The van der Waals surface area contributed by atoms with E-state index in [2.05, 4.69) is 0 Å². The number of rotatable bonds is 1. The van der Waals surface area contributed by atoms with Gasteiger partial charge in [-0.25, -0.2) is 0 Å². The van der Waals surface area contributed by atoms with Crippen LogP contribution in [0.2, 0.25) is 6.32 Å². The molecule has 1 aromatic carbocycles. The lowest BCUT2D eigenvalue weighted by atomic mass is 9.62. The predicted octanol–water partition coefficient (Wildman–Crippen LogP) is -0.338. The van der Waals surface area contributed by atoms with E-state index in [1.165, 1.54) is 0 Å². The van der Waals surface area contributed by atoms with Crippen LogP contribution in [0, 0.1) is 0 Å². The molecule has 0 amide bonds. The van der Waals surface area contributed by atoms with Crippen molar-refractivity contribution in [2.75, 3.05) is 13.3 Å². The highest BCUT2D eigenvalue weighted by atomic mass is 16.7. The Morgan fingerprint density at radius 3 is 3.13 bits per heavy atom. The third kappa shape index (κ3) is 1.17. The molecule has 1 aromatic rings. The van der Waals surface area contributed by atoms with Crippen LogP contribution >= 0.6 is 0 Å². The first-order valence-corrected chi connectivity index (χ1v) is 5.11. The molecule has 0 saturated carbocycles. The molecule has 0 aromatic heterocycles. The summed E-state index contributed by atoms with van der Waals surface area (Å²) in [5.41, 5.74) is 7.65. The minimum absolute atomic E-state index is 0.240. The topological polar surface area (TPSA) is 64.7 Å². The van der Waals surface area contributed by atoms with Crippen molar-refractivity contribution in [2.24, 2.45) is 5.73 Å². The zero-order valence-electron chi connectivity index (χ0n) is 8.27. The quantitative estimate of drug-likeness (QED) is 0.615. The van der Waals surface area contributed by atoms with Gasteiger partial charge in [-0.3, -0.25) is 0 Å². The van der Waals surface area contributed by atoms with Gasteiger partial charge in [-0.05, 0) is 30.4 Å². The maximum Gasteiger partial charge on any atom is 0.328 e. The number of hydrogen-bond acceptors (Lipinski definition) is 4. The molecule has 5 heteroatoms. The molecule has 0 fully saturated rings. The minimum atomic E-state index is -0.467. The van der Waals surface area contributed by atoms with E-state index in [0.717, 1.165) is 16.8 Å². The number of fused-ring (bicyclic) bond motifs is 3. The molecule has 4 nitrogen and oxygen atoms in total. The van der Waals surface area contributed by atoms with E-state index in [1.54, 1.807) is 0 Å². The van der Waals surface area contributed by atoms with E-state index in [4.69, 9.17) is 15.2 Å². The van der Waals surface area contributed by atoms with Gasteiger partial charge in [0.05, 0.1) is 0 Å². The molecule has 78 valence electrons. The Bertz CT molecular complexity index is 410. The molecule has 0 saturated heterocycles. The molecule has 3 rings (SSSR count). The molecule has 0 bridgehead atoms. The van der Waals surface area contributed by atoms with Gasteiger partial charge in [0, 0.05) is 5.46 Å². The summed E-state index contributed by atoms with van der Waals surface area (Å²) in [6.45, 7) is 0.334. The Balaban J connectivity index is 2.16. The lowest BCUT2D eigenvalue weighted by Gasteiger charge is -2.09. The van der Waals surface area contributed by atoms with Crippen molar-refractivity contribution in [3.8, 4) is 11.5 Å². The molecule has 1 atom stereocenters. The van der Waals surface area contributed by atoms with Gasteiger partial charge in [-0.1, -0.05) is 6.07 Å². The van der Waals surface area contributed by atoms with Gasteiger partial charge < -0.3 is 20.2 Å². The van der Waals surface area contributed by atoms with Crippen molar-refractivity contribution in [1.82, 2.24) is 0 Å². The highest BCUT2D eigenvalue weighted by Crippen LogP contribution is 2.37. The standard InChI is InChI=1S/C10H12BNO3/c12-4-6-3-11(13)9-7(6)1-2-8-10(9)15-5-14-8/h1-2,6,13H,3-5,12H2. The Morgan fingerprint density at radius 2 is 2.33 bits per heavy atom. The summed E-state index contributed by atoms with van der Waals surface area (Å²) < 4.78 is 10.7. The maximum absolute atomic E-state index is 9.96. The molecule has 2 aliphatic heterocycles. The van der Waals surface area contributed by atoms with Crippen LogP contribution in [-0.2, 0) is 0 Å². The molecule has 0 spiro atoms. The lowest BCUT2D eigenvalue weighted by molar-refractivity contribution is 0.174. The van der Waals surface area contributed by atoms with Crippen molar-refractivity contribution >= 4 is 12.4 Å². The minimum Gasteiger partial charge on any atom is -0.454 e. The summed E-state index contributed by atoms with van der Waals surface area (Å²) >= 11 is 0. The number of benzene rings is 1. The normalized spacial score (nSPS) is 22.0. The van der Waals surface area contributed by atoms with E-state index >= 15 is 0 Å². The zero-order valence-corrected chi connectivity index (χ0v) is 8.27. The van der Waals surface area contributed by atoms with Crippen LogP contribution in [0.5, 0.6) is 11.5 Å². The Labute approximate surface area is 88.1 Å². The Hall–Kier alpha value is -1.20. The fourth-order valence-electron chi connectivity index (χ4n) is 2.45. The SMILES string of the molecule is NCC1CB(O)c2c1ccc1c2OCO1. The van der Waals surface area contributed by atoms with Crippen LogP contribution in [0.1, 0.15) is 11.5 Å². The van der Waals surface area contributed by atoms with Gasteiger partial charge in [-0.15, -0.1) is 0 Å². The third-order valence-electron chi connectivity index (χ3n) is 3.18. The monoisotopic (exact) mass is 205 g/mol. The second-order valence-electron chi connectivity index (χ2n) is 3.99. The first-order chi connectivity index (χ1) is 7.31. The highest BCUT2D eigenvalue weighted by molar-refractivity contribution is 6.69. The van der Waals surface area contributed by atoms with Gasteiger partial charge in [-0.2, -0.15) is 0 Å². The van der Waals surface area contributed by atoms with Crippen LogP contribution in [-0.4, -0.2) is 25.3 Å². The summed E-state index contributed by atoms with van der Waals surface area (Å²) in [5, 5.41) is 9.96. The average Bonchev–Trinajstić information content (AvgIpc) is 2.81. The highest BCUT2D eigenvalue weighted by Gasteiger charge is 2.37. The largest absolute Gasteiger partial charge is 0.454 e. The fourth-order valence-corrected chi connectivity index (χ4v) is 2.45. The number of hydrogen-bond donors (Lipinski definition) is 2. The van der Waals surface area contributed by atoms with E-state index in [0.29, 0.717) is 18.6 Å². The Kier molecular flexibility index (Phi) is 1.90. The predicted molar refractivity (Wildman–Crippen MR) is 56.8 cm³/mol. The summed E-state index contributed by atoms with van der Waals surface area (Å²) in [6.07, 6.45) is 0.686. The smallest absolute Gasteiger partial charge is 0.328 e. The van der Waals surface area contributed by atoms with Crippen LogP contribution in [0.3, 0.4) is 0 Å². The zero-order chi connectivity index (χ0) is 10.4. The molecule has 15 heavy (non-hydrogen) atoms. The van der Waals surface area contributed by atoms with Crippen molar-refractivity contribution < 1.29 is 14.5 Å². The molecular formula is C10H12BNO3. The number of ether oxygens (including phenoxy) is 2.